The number of hydrogen-bond donors (Lipinski definition) is 2. The van der Waals surface area contributed by atoms with Gasteiger partial charge in [0.1, 0.15) is 0 Å². The first-order chi connectivity index (χ1) is 10.1. The van der Waals surface area contributed by atoms with E-state index in [9.17, 15) is 9.90 Å². The Morgan fingerprint density at radius 3 is 2.71 bits per heavy atom. The predicted molar refractivity (Wildman–Crippen MR) is 82.0 cm³/mol. The van der Waals surface area contributed by atoms with Crippen molar-refractivity contribution < 1.29 is 9.90 Å². The van der Waals surface area contributed by atoms with E-state index in [0.29, 0.717) is 24.0 Å². The molecule has 0 aromatic carbocycles. The maximum absolute atomic E-state index is 12.2. The molecule has 0 aliphatic carbocycles. The molecule has 2 aliphatic rings. The Bertz CT molecular complexity index is 493. The number of thiazole rings is 1. The summed E-state index contributed by atoms with van der Waals surface area (Å²) in [6.45, 7) is 3.25. The Labute approximate surface area is 128 Å². The Hall–Kier alpha value is -1.18. The molecule has 7 heteroatoms. The molecule has 6 nitrogen and oxygen atoms in total. The number of carbonyl (C=O) groups excluding carboxylic acids is 1. The summed E-state index contributed by atoms with van der Waals surface area (Å²) in [5.74, 6) is 0.212. The second-order valence-corrected chi connectivity index (χ2v) is 6.79. The molecule has 1 aromatic heterocycles. The number of nitrogen functional groups attached to an aromatic ring is 1. The third-order valence-electron chi connectivity index (χ3n) is 4.39. The molecule has 2 saturated heterocycles. The van der Waals surface area contributed by atoms with E-state index in [1.54, 1.807) is 0 Å². The highest BCUT2D eigenvalue weighted by atomic mass is 32.1. The number of nitrogens with two attached hydrogens (primary N) is 1. The summed E-state index contributed by atoms with van der Waals surface area (Å²) >= 11 is 1.42. The lowest BCUT2D eigenvalue weighted by atomic mass is 9.98. The molecule has 0 saturated carbocycles. The molecule has 116 valence electrons. The van der Waals surface area contributed by atoms with Gasteiger partial charge in [-0.2, -0.15) is 0 Å². The number of nitrogens with zero attached hydrogens (tertiary/aromatic N) is 3. The first-order valence-corrected chi connectivity index (χ1v) is 8.39. The van der Waals surface area contributed by atoms with E-state index in [4.69, 9.17) is 5.73 Å². The maximum Gasteiger partial charge on any atom is 0.222 e. The number of aliphatic hydroxyl groups excluding tert-OH is 1. The summed E-state index contributed by atoms with van der Waals surface area (Å²) in [7, 11) is 0. The Morgan fingerprint density at radius 2 is 2.14 bits per heavy atom. The first kappa shape index (κ1) is 14.7. The molecule has 0 bridgehead atoms. The number of piperidine rings is 1. The monoisotopic (exact) mass is 310 g/mol. The number of anilines is 1. The van der Waals surface area contributed by atoms with Crippen LogP contribution in [-0.4, -0.2) is 64.1 Å². The van der Waals surface area contributed by atoms with Gasteiger partial charge in [0, 0.05) is 44.0 Å². The van der Waals surface area contributed by atoms with Crippen LogP contribution in [0.2, 0.25) is 0 Å². The second-order valence-electron chi connectivity index (χ2n) is 5.90. The highest BCUT2D eigenvalue weighted by Crippen LogP contribution is 2.22. The van der Waals surface area contributed by atoms with Crippen molar-refractivity contribution in [1.82, 2.24) is 14.8 Å². The molecule has 2 fully saturated rings. The van der Waals surface area contributed by atoms with Crippen molar-refractivity contribution in [2.75, 3.05) is 31.9 Å². The molecule has 0 radical (unpaired) electrons. The van der Waals surface area contributed by atoms with Crippen LogP contribution in [0.3, 0.4) is 0 Å². The Balaban J connectivity index is 1.40. The van der Waals surface area contributed by atoms with E-state index < -0.39 is 0 Å². The van der Waals surface area contributed by atoms with Gasteiger partial charge in [-0.05, 0) is 19.3 Å². The van der Waals surface area contributed by atoms with Gasteiger partial charge in [-0.3, -0.25) is 9.69 Å². The molecule has 3 rings (SSSR count). The van der Waals surface area contributed by atoms with Crippen LogP contribution in [0.1, 0.15) is 25.0 Å². The van der Waals surface area contributed by atoms with Crippen LogP contribution < -0.4 is 5.73 Å². The van der Waals surface area contributed by atoms with Gasteiger partial charge in [-0.25, -0.2) is 4.98 Å². The topological polar surface area (TPSA) is 82.7 Å². The van der Waals surface area contributed by atoms with Gasteiger partial charge >= 0.3 is 0 Å². The number of aliphatic hydroxyl groups is 1. The van der Waals surface area contributed by atoms with Crippen LogP contribution in [0, 0.1) is 0 Å². The van der Waals surface area contributed by atoms with Gasteiger partial charge < -0.3 is 15.7 Å². The summed E-state index contributed by atoms with van der Waals surface area (Å²) in [6.07, 6.45) is 3.07. The molecule has 0 spiro atoms. The van der Waals surface area contributed by atoms with Crippen LogP contribution in [0.15, 0.2) is 5.38 Å². The van der Waals surface area contributed by atoms with E-state index in [1.165, 1.54) is 11.3 Å². The summed E-state index contributed by atoms with van der Waals surface area (Å²) in [5.41, 5.74) is 6.50. The van der Waals surface area contributed by atoms with Crippen molar-refractivity contribution >= 4 is 22.4 Å². The van der Waals surface area contributed by atoms with Crippen molar-refractivity contribution in [2.45, 2.75) is 37.8 Å². The van der Waals surface area contributed by atoms with Crippen molar-refractivity contribution in [3.63, 3.8) is 0 Å². The minimum Gasteiger partial charge on any atom is -0.390 e. The van der Waals surface area contributed by atoms with Gasteiger partial charge in [-0.1, -0.05) is 0 Å². The lowest BCUT2D eigenvalue weighted by molar-refractivity contribution is -0.133. The minimum absolute atomic E-state index is 0.143. The SMILES string of the molecule is Nc1nc(CCC(=O)N2CCC(N3CC(O)C3)CC2)cs1. The quantitative estimate of drug-likeness (QED) is 0.837. The number of amides is 1. The normalized spacial score (nSPS) is 21.5. The Kier molecular flexibility index (Phi) is 4.42. The number of carbonyl (C=O) groups is 1. The Morgan fingerprint density at radius 1 is 1.43 bits per heavy atom. The van der Waals surface area contributed by atoms with E-state index >= 15 is 0 Å². The summed E-state index contributed by atoms with van der Waals surface area (Å²) < 4.78 is 0. The van der Waals surface area contributed by atoms with E-state index in [2.05, 4.69) is 9.88 Å². The molecular formula is C14H22N4O2S. The van der Waals surface area contributed by atoms with Crippen LogP contribution in [0.5, 0.6) is 0 Å². The molecule has 3 N–H and O–H groups in total. The average Bonchev–Trinajstić information content (AvgIpc) is 2.87. The molecule has 0 unspecified atom stereocenters. The zero-order valence-corrected chi connectivity index (χ0v) is 12.9. The van der Waals surface area contributed by atoms with Crippen molar-refractivity contribution in [1.29, 1.82) is 0 Å². The number of hydrogen-bond acceptors (Lipinski definition) is 6. The van der Waals surface area contributed by atoms with E-state index in [-0.39, 0.29) is 12.0 Å². The molecule has 1 amide bonds. The fourth-order valence-electron chi connectivity index (χ4n) is 3.10. The third-order valence-corrected chi connectivity index (χ3v) is 5.11. The standard InChI is InChI=1S/C14H22N4O2S/c15-14-16-10(9-21-14)1-2-13(20)17-5-3-11(4-6-17)18-7-12(19)8-18/h9,11-12,19H,1-8H2,(H2,15,16). The number of β-amino-alcohol motifs (C(OH)–C–C–N with tert-alkyl or cyclic N) is 1. The molecule has 1 aromatic rings. The highest BCUT2D eigenvalue weighted by molar-refractivity contribution is 7.13. The lowest BCUT2D eigenvalue weighted by Crippen LogP contribution is -2.58. The van der Waals surface area contributed by atoms with Crippen molar-refractivity contribution in [3.8, 4) is 0 Å². The van der Waals surface area contributed by atoms with E-state index in [1.807, 2.05) is 10.3 Å². The van der Waals surface area contributed by atoms with Crippen LogP contribution in [-0.2, 0) is 11.2 Å². The first-order valence-electron chi connectivity index (χ1n) is 7.51. The average molecular weight is 310 g/mol. The zero-order valence-electron chi connectivity index (χ0n) is 12.1. The van der Waals surface area contributed by atoms with Crippen molar-refractivity contribution in [2.24, 2.45) is 0 Å². The fourth-order valence-corrected chi connectivity index (χ4v) is 3.69. The zero-order chi connectivity index (χ0) is 14.8. The number of likely N-dealkylation sites (tertiary alicyclic amines) is 2. The molecule has 3 heterocycles. The van der Waals surface area contributed by atoms with E-state index in [0.717, 1.165) is 44.7 Å². The van der Waals surface area contributed by atoms with Crippen LogP contribution >= 0.6 is 11.3 Å². The third kappa shape index (κ3) is 3.53. The van der Waals surface area contributed by atoms with Gasteiger partial charge in [0.25, 0.3) is 0 Å². The van der Waals surface area contributed by atoms with Crippen LogP contribution in [0.4, 0.5) is 5.13 Å². The summed E-state index contributed by atoms with van der Waals surface area (Å²) in [6, 6.07) is 0.538. The molecule has 0 atom stereocenters. The highest BCUT2D eigenvalue weighted by Gasteiger charge is 2.33. The molecular weight excluding hydrogens is 288 g/mol. The smallest absolute Gasteiger partial charge is 0.222 e. The van der Waals surface area contributed by atoms with Crippen LogP contribution in [0.25, 0.3) is 0 Å². The van der Waals surface area contributed by atoms with Crippen molar-refractivity contribution in [3.05, 3.63) is 11.1 Å². The molecule has 21 heavy (non-hydrogen) atoms. The number of aromatic nitrogens is 1. The van der Waals surface area contributed by atoms with Gasteiger partial charge in [-0.15, -0.1) is 11.3 Å². The number of rotatable bonds is 4. The van der Waals surface area contributed by atoms with Gasteiger partial charge in [0.15, 0.2) is 5.13 Å². The summed E-state index contributed by atoms with van der Waals surface area (Å²) in [5, 5.41) is 11.8. The van der Waals surface area contributed by atoms with Gasteiger partial charge in [0.05, 0.1) is 11.8 Å². The fraction of sp³-hybridized carbons (Fsp3) is 0.714. The molecule has 2 aliphatic heterocycles. The number of aryl methyl sites for hydroxylation is 1. The summed E-state index contributed by atoms with van der Waals surface area (Å²) in [4.78, 5) is 20.7. The lowest BCUT2D eigenvalue weighted by Gasteiger charge is -2.45. The minimum atomic E-state index is -0.143. The second kappa shape index (κ2) is 6.29. The maximum atomic E-state index is 12.2. The predicted octanol–water partition coefficient (Wildman–Crippen LogP) is 0.325. The van der Waals surface area contributed by atoms with Gasteiger partial charge in [0.2, 0.25) is 5.91 Å². The largest absolute Gasteiger partial charge is 0.390 e.